The Balaban J connectivity index is 1.89. The van der Waals surface area contributed by atoms with Crippen LogP contribution in [0, 0.1) is 11.6 Å². The van der Waals surface area contributed by atoms with Gasteiger partial charge >= 0.3 is 5.97 Å². The van der Waals surface area contributed by atoms with Crippen LogP contribution in [0.4, 0.5) is 14.5 Å². The summed E-state index contributed by atoms with van der Waals surface area (Å²) in [6, 6.07) is 11.5. The minimum absolute atomic E-state index is 0.207. The fourth-order valence-electron chi connectivity index (χ4n) is 3.03. The van der Waals surface area contributed by atoms with Gasteiger partial charge in [0.05, 0.1) is 0 Å². The van der Waals surface area contributed by atoms with Gasteiger partial charge in [-0.15, -0.1) is 0 Å². The molecule has 1 heterocycles. The Kier molecular flexibility index (Phi) is 4.65. The van der Waals surface area contributed by atoms with Crippen molar-refractivity contribution < 1.29 is 18.7 Å². The molecule has 0 amide bonds. The number of fused-ring (bicyclic) bond motifs is 1. The molecule has 25 heavy (non-hydrogen) atoms. The molecular weight excluding hydrogens is 324 g/mol. The fraction of sp³-hybridized carbons (Fsp3) is 0.150. The number of aliphatic carboxylic acids is 1. The SMILES string of the molecule is C=C1C=C(CCc2cccc(F)c2F)N(CC(=O)O)c2ccccc21. The third-order valence-corrected chi connectivity index (χ3v) is 4.20. The summed E-state index contributed by atoms with van der Waals surface area (Å²) >= 11 is 0. The first-order valence-corrected chi connectivity index (χ1v) is 7.88. The van der Waals surface area contributed by atoms with Gasteiger partial charge in [0, 0.05) is 16.9 Å². The Morgan fingerprint density at radius 3 is 2.60 bits per heavy atom. The van der Waals surface area contributed by atoms with Crippen molar-refractivity contribution in [3.63, 3.8) is 0 Å². The molecule has 0 spiro atoms. The Morgan fingerprint density at radius 1 is 1.08 bits per heavy atom. The summed E-state index contributed by atoms with van der Waals surface area (Å²) in [7, 11) is 0. The van der Waals surface area contributed by atoms with E-state index in [1.54, 1.807) is 4.90 Å². The minimum atomic E-state index is -0.967. The average molecular weight is 341 g/mol. The Hall–Kier alpha value is -2.95. The van der Waals surface area contributed by atoms with Gasteiger partial charge in [0.1, 0.15) is 6.54 Å². The van der Waals surface area contributed by atoms with Crippen molar-refractivity contribution in [2.75, 3.05) is 11.4 Å². The summed E-state index contributed by atoms with van der Waals surface area (Å²) in [5, 5.41) is 9.24. The zero-order valence-electron chi connectivity index (χ0n) is 13.5. The van der Waals surface area contributed by atoms with E-state index in [1.807, 2.05) is 30.3 Å². The number of benzene rings is 2. The van der Waals surface area contributed by atoms with Gasteiger partial charge in [0.2, 0.25) is 0 Å². The maximum Gasteiger partial charge on any atom is 0.323 e. The fourth-order valence-corrected chi connectivity index (χ4v) is 3.03. The summed E-state index contributed by atoms with van der Waals surface area (Å²) < 4.78 is 27.2. The van der Waals surface area contributed by atoms with Gasteiger partial charge in [-0.2, -0.15) is 0 Å². The third-order valence-electron chi connectivity index (χ3n) is 4.20. The zero-order chi connectivity index (χ0) is 18.0. The minimum Gasteiger partial charge on any atom is -0.480 e. The lowest BCUT2D eigenvalue weighted by molar-refractivity contribution is -0.135. The number of allylic oxidation sites excluding steroid dienone is 3. The van der Waals surface area contributed by atoms with Crippen molar-refractivity contribution in [3.05, 3.63) is 83.6 Å². The van der Waals surface area contributed by atoms with E-state index in [1.165, 1.54) is 12.1 Å². The van der Waals surface area contributed by atoms with Gasteiger partial charge in [-0.25, -0.2) is 8.78 Å². The molecule has 1 aliphatic rings. The molecule has 0 saturated carbocycles. The van der Waals surface area contributed by atoms with Crippen molar-refractivity contribution in [3.8, 4) is 0 Å². The number of carboxylic acids is 1. The second-order valence-electron chi connectivity index (χ2n) is 5.87. The summed E-state index contributed by atoms with van der Waals surface area (Å²) in [5.74, 6) is -2.71. The number of aryl methyl sites for hydroxylation is 1. The van der Waals surface area contributed by atoms with Crippen molar-refractivity contribution >= 4 is 17.2 Å². The van der Waals surface area contributed by atoms with Crippen molar-refractivity contribution in [1.29, 1.82) is 0 Å². The van der Waals surface area contributed by atoms with Gasteiger partial charge in [-0.1, -0.05) is 36.9 Å². The predicted molar refractivity (Wildman–Crippen MR) is 93.2 cm³/mol. The van der Waals surface area contributed by atoms with Crippen LogP contribution in [-0.2, 0) is 11.2 Å². The highest BCUT2D eigenvalue weighted by atomic mass is 19.2. The van der Waals surface area contributed by atoms with Crippen molar-refractivity contribution in [2.24, 2.45) is 0 Å². The second kappa shape index (κ2) is 6.89. The highest BCUT2D eigenvalue weighted by Crippen LogP contribution is 2.36. The molecule has 0 atom stereocenters. The van der Waals surface area contributed by atoms with Crippen LogP contribution in [-0.4, -0.2) is 17.6 Å². The van der Waals surface area contributed by atoms with Crippen LogP contribution in [0.2, 0.25) is 0 Å². The number of anilines is 1. The topological polar surface area (TPSA) is 40.5 Å². The lowest BCUT2D eigenvalue weighted by Gasteiger charge is -2.32. The molecule has 0 unspecified atom stereocenters. The standard InChI is InChI=1S/C20H17F2NO2/c1-13-11-15(10-9-14-5-4-7-17(21)20(14)22)23(12-19(24)25)18-8-3-2-6-16(13)18/h2-8,11H,1,9-10,12H2,(H,24,25). The van der Waals surface area contributed by atoms with E-state index >= 15 is 0 Å². The van der Waals surface area contributed by atoms with Crippen LogP contribution in [0.25, 0.3) is 5.57 Å². The molecule has 0 radical (unpaired) electrons. The van der Waals surface area contributed by atoms with Crippen LogP contribution < -0.4 is 4.90 Å². The number of hydrogen-bond donors (Lipinski definition) is 1. The summed E-state index contributed by atoms with van der Waals surface area (Å²) in [4.78, 5) is 13.0. The number of carbonyl (C=O) groups is 1. The quantitative estimate of drug-likeness (QED) is 0.876. The first kappa shape index (κ1) is 16.9. The Bertz CT molecular complexity index is 874. The molecule has 2 aromatic carbocycles. The van der Waals surface area contributed by atoms with Crippen LogP contribution >= 0.6 is 0 Å². The molecule has 3 rings (SSSR count). The molecule has 0 saturated heterocycles. The van der Waals surface area contributed by atoms with E-state index < -0.39 is 17.6 Å². The molecule has 0 aromatic heterocycles. The predicted octanol–water partition coefficient (Wildman–Crippen LogP) is 4.40. The van der Waals surface area contributed by atoms with Crippen LogP contribution in [0.15, 0.2) is 60.8 Å². The third kappa shape index (κ3) is 3.45. The number of carboxylic acid groups (broad SMARTS) is 1. The number of halogens is 2. The highest BCUT2D eigenvalue weighted by molar-refractivity contribution is 5.88. The summed E-state index contributed by atoms with van der Waals surface area (Å²) in [6.45, 7) is 3.81. The van der Waals surface area contributed by atoms with Crippen molar-refractivity contribution in [1.82, 2.24) is 0 Å². The second-order valence-corrected chi connectivity index (χ2v) is 5.87. The smallest absolute Gasteiger partial charge is 0.323 e. The zero-order valence-corrected chi connectivity index (χ0v) is 13.5. The van der Waals surface area contributed by atoms with Gasteiger partial charge in [0.15, 0.2) is 11.6 Å². The van der Waals surface area contributed by atoms with E-state index in [0.717, 1.165) is 28.6 Å². The lowest BCUT2D eigenvalue weighted by Crippen LogP contribution is -2.31. The molecule has 1 aliphatic heterocycles. The number of para-hydroxylation sites is 1. The van der Waals surface area contributed by atoms with Gasteiger partial charge in [-0.3, -0.25) is 4.79 Å². The average Bonchev–Trinajstić information content (AvgIpc) is 2.59. The van der Waals surface area contributed by atoms with E-state index in [2.05, 4.69) is 6.58 Å². The number of rotatable bonds is 5. The van der Waals surface area contributed by atoms with E-state index in [-0.39, 0.29) is 18.5 Å². The normalized spacial score (nSPS) is 13.4. The Morgan fingerprint density at radius 2 is 1.84 bits per heavy atom. The largest absolute Gasteiger partial charge is 0.480 e. The molecule has 128 valence electrons. The maximum absolute atomic E-state index is 13.9. The lowest BCUT2D eigenvalue weighted by atomic mass is 9.96. The summed E-state index contributed by atoms with van der Waals surface area (Å²) in [6.07, 6.45) is 2.45. The first-order valence-electron chi connectivity index (χ1n) is 7.88. The molecule has 0 aliphatic carbocycles. The summed E-state index contributed by atoms with van der Waals surface area (Å²) in [5.41, 5.74) is 3.37. The van der Waals surface area contributed by atoms with E-state index in [9.17, 15) is 18.7 Å². The molecule has 0 bridgehead atoms. The van der Waals surface area contributed by atoms with Gasteiger partial charge in [0.25, 0.3) is 0 Å². The molecule has 3 nitrogen and oxygen atoms in total. The maximum atomic E-state index is 13.9. The van der Waals surface area contributed by atoms with Gasteiger partial charge in [-0.05, 0) is 42.2 Å². The molecule has 0 fully saturated rings. The number of hydrogen-bond acceptors (Lipinski definition) is 2. The monoisotopic (exact) mass is 341 g/mol. The molecule has 2 aromatic rings. The Labute approximate surface area is 144 Å². The van der Waals surface area contributed by atoms with E-state index in [0.29, 0.717) is 6.42 Å². The van der Waals surface area contributed by atoms with Crippen molar-refractivity contribution in [2.45, 2.75) is 12.8 Å². The molecule has 5 heteroatoms. The van der Waals surface area contributed by atoms with Gasteiger partial charge < -0.3 is 10.0 Å². The van der Waals surface area contributed by atoms with E-state index in [4.69, 9.17) is 0 Å². The van der Waals surface area contributed by atoms with Crippen LogP contribution in [0.3, 0.4) is 0 Å². The first-order chi connectivity index (χ1) is 12.0. The molecule has 1 N–H and O–H groups in total. The number of nitrogens with zero attached hydrogens (tertiary/aromatic N) is 1. The van der Waals surface area contributed by atoms with Crippen LogP contribution in [0.1, 0.15) is 17.5 Å². The van der Waals surface area contributed by atoms with Crippen LogP contribution in [0.5, 0.6) is 0 Å². The highest BCUT2D eigenvalue weighted by Gasteiger charge is 2.23. The molecular formula is C20H17F2NO2.